The van der Waals surface area contributed by atoms with Crippen LogP contribution < -0.4 is 20.7 Å². The number of hydrogen-bond donors (Lipinski definition) is 2. The maximum atomic E-state index is 12.5. The van der Waals surface area contributed by atoms with Gasteiger partial charge in [-0.2, -0.15) is 0 Å². The van der Waals surface area contributed by atoms with Crippen molar-refractivity contribution in [1.29, 1.82) is 0 Å². The van der Waals surface area contributed by atoms with Crippen molar-refractivity contribution in [2.75, 3.05) is 22.5 Å². The number of pyridine rings is 1. The van der Waals surface area contributed by atoms with Gasteiger partial charge < -0.3 is 15.8 Å². The quantitative estimate of drug-likeness (QED) is 0.891. The van der Waals surface area contributed by atoms with Gasteiger partial charge in [-0.3, -0.25) is 14.5 Å². The average molecular weight is 340 g/mol. The van der Waals surface area contributed by atoms with Gasteiger partial charge in [0.1, 0.15) is 12.4 Å². The third kappa shape index (κ3) is 3.26. The van der Waals surface area contributed by atoms with E-state index in [9.17, 15) is 9.59 Å². The third-order valence-corrected chi connectivity index (χ3v) is 4.08. The van der Waals surface area contributed by atoms with E-state index in [-0.39, 0.29) is 30.0 Å². The Hall–Kier alpha value is -3.09. The number of ether oxygens (including phenoxy) is 1. The van der Waals surface area contributed by atoms with Crippen LogP contribution in [-0.2, 0) is 9.59 Å². The molecule has 1 atom stereocenters. The van der Waals surface area contributed by atoms with Crippen LogP contribution in [0.4, 0.5) is 17.3 Å². The largest absolute Gasteiger partial charge is 0.477 e. The Kier molecular flexibility index (Phi) is 4.31. The topological polar surface area (TPSA) is 97.5 Å². The molecule has 130 valence electrons. The second-order valence-corrected chi connectivity index (χ2v) is 6.06. The number of fused-ring (bicyclic) bond motifs is 1. The van der Waals surface area contributed by atoms with Gasteiger partial charge in [0.15, 0.2) is 17.7 Å². The Morgan fingerprint density at radius 3 is 2.64 bits per heavy atom. The molecule has 0 fully saturated rings. The van der Waals surface area contributed by atoms with E-state index >= 15 is 0 Å². The number of carbonyl (C=O) groups excluding carboxylic acids is 2. The number of aromatic nitrogens is 1. The second-order valence-electron chi connectivity index (χ2n) is 6.06. The molecule has 0 saturated heterocycles. The van der Waals surface area contributed by atoms with Gasteiger partial charge in [-0.1, -0.05) is 18.2 Å². The van der Waals surface area contributed by atoms with Crippen LogP contribution in [-0.4, -0.2) is 29.4 Å². The standard InChI is InChI=1S/C18H20N4O3/c1-10-5-4-6-11(2)16(10)21-15(23)9-22-17-13(7-8-14(19)20-17)25-12(3)18(22)24/h4-8,12H,9H2,1-3H3,(H2,19,20)(H,21,23). The first-order chi connectivity index (χ1) is 11.9. The summed E-state index contributed by atoms with van der Waals surface area (Å²) in [5.74, 6) is 0.308. The third-order valence-electron chi connectivity index (χ3n) is 4.08. The van der Waals surface area contributed by atoms with Crippen LogP contribution in [0.2, 0.25) is 0 Å². The van der Waals surface area contributed by atoms with E-state index in [1.165, 1.54) is 4.90 Å². The van der Waals surface area contributed by atoms with Crippen LogP contribution in [0.15, 0.2) is 30.3 Å². The van der Waals surface area contributed by atoms with E-state index in [1.54, 1.807) is 19.1 Å². The van der Waals surface area contributed by atoms with Crippen molar-refractivity contribution in [3.63, 3.8) is 0 Å². The number of rotatable bonds is 3. The molecule has 1 unspecified atom stereocenters. The van der Waals surface area contributed by atoms with Gasteiger partial charge in [0.25, 0.3) is 5.91 Å². The highest BCUT2D eigenvalue weighted by Gasteiger charge is 2.34. The summed E-state index contributed by atoms with van der Waals surface area (Å²) in [6.07, 6.45) is -0.689. The number of nitrogens with one attached hydrogen (secondary N) is 1. The molecule has 2 amide bonds. The summed E-state index contributed by atoms with van der Waals surface area (Å²) in [6.45, 7) is 5.31. The molecule has 0 saturated carbocycles. The van der Waals surface area contributed by atoms with Gasteiger partial charge in [0, 0.05) is 5.69 Å². The fourth-order valence-electron chi connectivity index (χ4n) is 2.79. The Bertz CT molecular complexity index is 830. The first-order valence-electron chi connectivity index (χ1n) is 7.97. The molecular weight excluding hydrogens is 320 g/mol. The first-order valence-corrected chi connectivity index (χ1v) is 7.97. The molecule has 7 nitrogen and oxygen atoms in total. The zero-order chi connectivity index (χ0) is 18.1. The minimum atomic E-state index is -0.689. The maximum absolute atomic E-state index is 12.5. The SMILES string of the molecule is Cc1cccc(C)c1NC(=O)CN1C(=O)C(C)Oc2ccc(N)nc21. The molecule has 2 heterocycles. The molecule has 1 aliphatic heterocycles. The van der Waals surface area contributed by atoms with Gasteiger partial charge in [0.2, 0.25) is 5.91 Å². The van der Waals surface area contributed by atoms with Crippen molar-refractivity contribution in [2.45, 2.75) is 26.9 Å². The van der Waals surface area contributed by atoms with E-state index < -0.39 is 6.10 Å². The molecule has 0 spiro atoms. The lowest BCUT2D eigenvalue weighted by Gasteiger charge is -2.31. The van der Waals surface area contributed by atoms with Crippen LogP contribution in [0, 0.1) is 13.8 Å². The normalized spacial score (nSPS) is 16.2. The monoisotopic (exact) mass is 340 g/mol. The predicted molar refractivity (Wildman–Crippen MR) is 95.6 cm³/mol. The number of benzene rings is 1. The van der Waals surface area contributed by atoms with Crippen molar-refractivity contribution < 1.29 is 14.3 Å². The summed E-state index contributed by atoms with van der Waals surface area (Å²) >= 11 is 0. The number of nitrogens with zero attached hydrogens (tertiary/aromatic N) is 2. The fourth-order valence-corrected chi connectivity index (χ4v) is 2.79. The molecule has 3 N–H and O–H groups in total. The Labute approximate surface area is 145 Å². The van der Waals surface area contributed by atoms with Crippen molar-refractivity contribution in [1.82, 2.24) is 4.98 Å². The van der Waals surface area contributed by atoms with Gasteiger partial charge in [-0.15, -0.1) is 0 Å². The minimum Gasteiger partial charge on any atom is -0.477 e. The van der Waals surface area contributed by atoms with Crippen molar-refractivity contribution >= 4 is 29.1 Å². The Morgan fingerprint density at radius 2 is 1.96 bits per heavy atom. The highest BCUT2D eigenvalue weighted by molar-refractivity contribution is 6.05. The fraction of sp³-hybridized carbons (Fsp3) is 0.278. The number of para-hydroxylation sites is 1. The van der Waals surface area contributed by atoms with Crippen molar-refractivity contribution in [2.24, 2.45) is 0 Å². The summed E-state index contributed by atoms with van der Waals surface area (Å²) in [7, 11) is 0. The number of nitrogen functional groups attached to an aromatic ring is 1. The number of amides is 2. The summed E-state index contributed by atoms with van der Waals surface area (Å²) in [5, 5.41) is 2.87. The van der Waals surface area contributed by atoms with Crippen molar-refractivity contribution in [3.8, 4) is 5.75 Å². The zero-order valence-electron chi connectivity index (χ0n) is 14.4. The number of carbonyl (C=O) groups is 2. The van der Waals surface area contributed by atoms with Crippen LogP contribution in [0.5, 0.6) is 5.75 Å². The van der Waals surface area contributed by atoms with E-state index in [0.29, 0.717) is 5.75 Å². The molecular formula is C18H20N4O3. The molecule has 2 aromatic rings. The van der Waals surface area contributed by atoms with E-state index in [2.05, 4.69) is 10.3 Å². The lowest BCUT2D eigenvalue weighted by Crippen LogP contribution is -2.48. The summed E-state index contributed by atoms with van der Waals surface area (Å²) < 4.78 is 5.53. The average Bonchev–Trinajstić information content (AvgIpc) is 2.56. The maximum Gasteiger partial charge on any atom is 0.269 e. The molecule has 0 bridgehead atoms. The van der Waals surface area contributed by atoms with Gasteiger partial charge in [0.05, 0.1) is 0 Å². The van der Waals surface area contributed by atoms with Crippen LogP contribution >= 0.6 is 0 Å². The zero-order valence-corrected chi connectivity index (χ0v) is 14.4. The lowest BCUT2D eigenvalue weighted by molar-refractivity contribution is -0.127. The smallest absolute Gasteiger partial charge is 0.269 e. The molecule has 1 aliphatic rings. The van der Waals surface area contributed by atoms with Gasteiger partial charge >= 0.3 is 0 Å². The predicted octanol–water partition coefficient (Wildman–Crippen LogP) is 2.03. The van der Waals surface area contributed by atoms with E-state index in [0.717, 1.165) is 16.8 Å². The van der Waals surface area contributed by atoms with Gasteiger partial charge in [-0.05, 0) is 44.0 Å². The Morgan fingerprint density at radius 1 is 1.28 bits per heavy atom. The summed E-state index contributed by atoms with van der Waals surface area (Å²) in [6, 6.07) is 9.01. The number of aryl methyl sites for hydroxylation is 2. The number of hydrogen-bond acceptors (Lipinski definition) is 5. The highest BCUT2D eigenvalue weighted by Crippen LogP contribution is 2.32. The molecule has 1 aromatic heterocycles. The first kappa shape index (κ1) is 16.8. The number of anilines is 3. The Balaban J connectivity index is 1.85. The minimum absolute atomic E-state index is 0.163. The van der Waals surface area contributed by atoms with Crippen LogP contribution in [0.25, 0.3) is 0 Å². The van der Waals surface area contributed by atoms with Crippen LogP contribution in [0.1, 0.15) is 18.1 Å². The molecule has 1 aromatic carbocycles. The molecule has 3 rings (SSSR count). The summed E-state index contributed by atoms with van der Waals surface area (Å²) in [5.41, 5.74) is 8.38. The highest BCUT2D eigenvalue weighted by atomic mass is 16.5. The van der Waals surface area contributed by atoms with E-state index in [4.69, 9.17) is 10.5 Å². The number of nitrogens with two attached hydrogens (primary N) is 1. The summed E-state index contributed by atoms with van der Waals surface area (Å²) in [4.78, 5) is 30.4. The molecule has 25 heavy (non-hydrogen) atoms. The molecule has 0 radical (unpaired) electrons. The molecule has 0 aliphatic carbocycles. The van der Waals surface area contributed by atoms with E-state index in [1.807, 2.05) is 32.0 Å². The van der Waals surface area contributed by atoms with Crippen LogP contribution in [0.3, 0.4) is 0 Å². The molecule has 7 heteroatoms. The second kappa shape index (κ2) is 6.43. The lowest BCUT2D eigenvalue weighted by atomic mass is 10.1. The van der Waals surface area contributed by atoms with Gasteiger partial charge in [-0.25, -0.2) is 4.98 Å². The van der Waals surface area contributed by atoms with Crippen molar-refractivity contribution in [3.05, 3.63) is 41.5 Å².